The van der Waals surface area contributed by atoms with Crippen molar-refractivity contribution in [1.29, 1.82) is 0 Å². The number of likely N-dealkylation sites (tertiary alicyclic amines) is 1. The zero-order valence-corrected chi connectivity index (χ0v) is 17.2. The van der Waals surface area contributed by atoms with Crippen molar-refractivity contribution >= 4 is 27.3 Å². The molecule has 1 fully saturated rings. The van der Waals surface area contributed by atoms with Gasteiger partial charge in [-0.2, -0.15) is 13.2 Å². The van der Waals surface area contributed by atoms with Crippen LogP contribution in [-0.2, 0) is 14.6 Å². The number of alkyl halides is 3. The number of ether oxygens (including phenoxy) is 1. The van der Waals surface area contributed by atoms with Crippen LogP contribution in [0.5, 0.6) is 5.75 Å². The van der Waals surface area contributed by atoms with E-state index in [-0.39, 0.29) is 5.56 Å². The predicted molar refractivity (Wildman–Crippen MR) is 105 cm³/mol. The van der Waals surface area contributed by atoms with Crippen LogP contribution in [0.25, 0.3) is 0 Å². The van der Waals surface area contributed by atoms with Gasteiger partial charge in [0.25, 0.3) is 15.7 Å². The fourth-order valence-corrected chi connectivity index (χ4v) is 4.02. The molecule has 0 saturated carbocycles. The van der Waals surface area contributed by atoms with Gasteiger partial charge in [0.05, 0.1) is 12.0 Å². The largest absolute Gasteiger partial charge is 0.501 e. The van der Waals surface area contributed by atoms with E-state index in [4.69, 9.17) is 4.74 Å². The lowest BCUT2D eigenvalue weighted by Crippen LogP contribution is -2.43. The Labute approximate surface area is 176 Å². The van der Waals surface area contributed by atoms with Crippen LogP contribution in [0.15, 0.2) is 53.4 Å². The highest BCUT2D eigenvalue weighted by Gasteiger charge is 2.46. The number of hydrogen-bond donors (Lipinski definition) is 1. The molecule has 1 aliphatic rings. The normalized spacial score (nSPS) is 16.8. The Morgan fingerprint density at radius 2 is 1.68 bits per heavy atom. The van der Waals surface area contributed by atoms with Crippen molar-refractivity contribution in [3.8, 4) is 5.75 Å². The Morgan fingerprint density at radius 3 is 2.23 bits per heavy atom. The maximum Gasteiger partial charge on any atom is 0.501 e. The van der Waals surface area contributed by atoms with E-state index in [0.29, 0.717) is 30.8 Å². The van der Waals surface area contributed by atoms with Gasteiger partial charge in [0.2, 0.25) is 5.91 Å². The second kappa shape index (κ2) is 8.58. The number of carbonyl (C=O) groups is 2. The fourth-order valence-electron chi connectivity index (χ4n) is 3.26. The lowest BCUT2D eigenvalue weighted by Gasteiger charge is -2.24. The minimum atomic E-state index is -5.50. The van der Waals surface area contributed by atoms with Gasteiger partial charge in [0, 0.05) is 17.8 Å². The Bertz CT molecular complexity index is 1070. The number of halogens is 3. The summed E-state index contributed by atoms with van der Waals surface area (Å²) < 4.78 is 66.0. The van der Waals surface area contributed by atoms with Gasteiger partial charge < -0.3 is 15.0 Å². The standard InChI is InChI=1S/C20H19F3N2O5S/c1-30-15-8-6-14(7-9-15)24-18(26)17-3-2-12-25(17)19(27)13-4-10-16(11-5-13)31(28,29)20(21,22)23/h4-11,17H,2-3,12H2,1H3,(H,24,26). The molecular weight excluding hydrogens is 437 g/mol. The highest BCUT2D eigenvalue weighted by atomic mass is 32.2. The number of hydrogen-bond acceptors (Lipinski definition) is 5. The number of benzene rings is 2. The van der Waals surface area contributed by atoms with E-state index in [2.05, 4.69) is 5.32 Å². The molecule has 0 aromatic heterocycles. The van der Waals surface area contributed by atoms with E-state index in [9.17, 15) is 31.2 Å². The first kappa shape index (κ1) is 22.6. The van der Waals surface area contributed by atoms with E-state index in [1.807, 2.05) is 0 Å². The molecule has 0 radical (unpaired) electrons. The molecule has 2 aromatic rings. The highest BCUT2D eigenvalue weighted by molar-refractivity contribution is 7.92. The van der Waals surface area contributed by atoms with Crippen LogP contribution in [0.2, 0.25) is 0 Å². The van der Waals surface area contributed by atoms with Crippen LogP contribution in [0.4, 0.5) is 18.9 Å². The molecule has 0 spiro atoms. The third-order valence-electron chi connectivity index (χ3n) is 4.89. The molecule has 3 rings (SSSR count). The molecule has 2 amide bonds. The summed E-state index contributed by atoms with van der Waals surface area (Å²) in [6.07, 6.45) is 1.00. The van der Waals surface area contributed by atoms with Crippen LogP contribution in [0.1, 0.15) is 23.2 Å². The molecule has 0 bridgehead atoms. The van der Waals surface area contributed by atoms with Crippen LogP contribution in [-0.4, -0.2) is 50.3 Å². The van der Waals surface area contributed by atoms with Gasteiger partial charge in [-0.25, -0.2) is 8.42 Å². The first-order valence-electron chi connectivity index (χ1n) is 9.22. The van der Waals surface area contributed by atoms with Crippen LogP contribution in [0.3, 0.4) is 0 Å². The molecule has 1 N–H and O–H groups in total. The van der Waals surface area contributed by atoms with Crippen molar-refractivity contribution in [1.82, 2.24) is 4.90 Å². The van der Waals surface area contributed by atoms with Crippen molar-refractivity contribution in [2.75, 3.05) is 19.0 Å². The zero-order valence-electron chi connectivity index (χ0n) is 16.3. The molecular formula is C20H19F3N2O5S. The second-order valence-electron chi connectivity index (χ2n) is 6.85. The molecule has 166 valence electrons. The summed E-state index contributed by atoms with van der Waals surface area (Å²) in [7, 11) is -3.99. The molecule has 1 atom stereocenters. The van der Waals surface area contributed by atoms with Crippen molar-refractivity contribution in [3.05, 3.63) is 54.1 Å². The maximum absolute atomic E-state index is 12.8. The molecule has 1 saturated heterocycles. The first-order chi connectivity index (χ1) is 14.5. The molecule has 1 aliphatic heterocycles. The average Bonchev–Trinajstić information content (AvgIpc) is 3.23. The Morgan fingerprint density at radius 1 is 1.06 bits per heavy atom. The summed E-state index contributed by atoms with van der Waals surface area (Å²) >= 11 is 0. The summed E-state index contributed by atoms with van der Waals surface area (Å²) in [4.78, 5) is 25.9. The Hall–Kier alpha value is -3.08. The summed E-state index contributed by atoms with van der Waals surface area (Å²) in [5, 5.41) is 2.72. The SMILES string of the molecule is COc1ccc(NC(=O)C2CCCN2C(=O)c2ccc(S(=O)(=O)C(F)(F)F)cc2)cc1. The number of rotatable bonds is 5. The van der Waals surface area contributed by atoms with Gasteiger partial charge in [-0.15, -0.1) is 0 Å². The quantitative estimate of drug-likeness (QED) is 0.746. The number of amides is 2. The molecule has 7 nitrogen and oxygen atoms in total. The fraction of sp³-hybridized carbons (Fsp3) is 0.300. The van der Waals surface area contributed by atoms with E-state index >= 15 is 0 Å². The number of methoxy groups -OCH3 is 1. The van der Waals surface area contributed by atoms with Crippen molar-refractivity contribution in [2.45, 2.75) is 29.3 Å². The number of nitrogens with zero attached hydrogens (tertiary/aromatic N) is 1. The van der Waals surface area contributed by atoms with Gasteiger partial charge in [-0.05, 0) is 61.4 Å². The molecule has 0 aliphatic carbocycles. The van der Waals surface area contributed by atoms with E-state index < -0.39 is 38.1 Å². The predicted octanol–water partition coefficient (Wildman–Crippen LogP) is 3.23. The molecule has 1 heterocycles. The van der Waals surface area contributed by atoms with Crippen LogP contribution >= 0.6 is 0 Å². The maximum atomic E-state index is 12.8. The highest BCUT2D eigenvalue weighted by Crippen LogP contribution is 2.30. The molecule has 31 heavy (non-hydrogen) atoms. The number of nitrogens with one attached hydrogen (secondary N) is 1. The smallest absolute Gasteiger partial charge is 0.497 e. The van der Waals surface area contributed by atoms with Gasteiger partial charge in [-0.1, -0.05) is 0 Å². The lowest BCUT2D eigenvalue weighted by atomic mass is 10.1. The minimum absolute atomic E-state index is 0.00901. The van der Waals surface area contributed by atoms with E-state index in [0.717, 1.165) is 24.3 Å². The van der Waals surface area contributed by atoms with Crippen LogP contribution < -0.4 is 10.1 Å². The number of anilines is 1. The summed E-state index contributed by atoms with van der Waals surface area (Å²) in [6, 6.07) is 9.38. The molecule has 1 unspecified atom stereocenters. The monoisotopic (exact) mass is 456 g/mol. The number of sulfone groups is 1. The zero-order chi connectivity index (χ0) is 22.8. The van der Waals surface area contributed by atoms with Crippen molar-refractivity contribution < 1.29 is 35.9 Å². The van der Waals surface area contributed by atoms with Crippen LogP contribution in [0, 0.1) is 0 Å². The minimum Gasteiger partial charge on any atom is -0.497 e. The molecule has 2 aromatic carbocycles. The first-order valence-corrected chi connectivity index (χ1v) is 10.7. The third-order valence-corrected chi connectivity index (χ3v) is 6.39. The molecule has 11 heteroatoms. The van der Waals surface area contributed by atoms with Gasteiger partial charge in [-0.3, -0.25) is 9.59 Å². The second-order valence-corrected chi connectivity index (χ2v) is 8.79. The van der Waals surface area contributed by atoms with Crippen molar-refractivity contribution in [2.24, 2.45) is 0 Å². The third kappa shape index (κ3) is 4.66. The summed E-state index contributed by atoms with van der Waals surface area (Å²) in [6.45, 7) is 0.294. The van der Waals surface area contributed by atoms with Crippen molar-refractivity contribution in [3.63, 3.8) is 0 Å². The lowest BCUT2D eigenvalue weighted by molar-refractivity contribution is -0.119. The van der Waals surface area contributed by atoms with Gasteiger partial charge in [0.1, 0.15) is 11.8 Å². The average molecular weight is 456 g/mol. The van der Waals surface area contributed by atoms with E-state index in [1.165, 1.54) is 12.0 Å². The summed E-state index contributed by atoms with van der Waals surface area (Å²) in [5.74, 6) is -0.345. The topological polar surface area (TPSA) is 92.8 Å². The number of carbonyl (C=O) groups excluding carboxylic acids is 2. The van der Waals surface area contributed by atoms with Gasteiger partial charge in [0.15, 0.2) is 0 Å². The Kier molecular flexibility index (Phi) is 6.25. The van der Waals surface area contributed by atoms with E-state index in [1.54, 1.807) is 24.3 Å². The summed E-state index contributed by atoms with van der Waals surface area (Å²) in [5.41, 5.74) is -4.92. The Balaban J connectivity index is 1.74. The van der Waals surface area contributed by atoms with Gasteiger partial charge >= 0.3 is 5.51 Å².